The molecule has 2 heterocycles. The van der Waals surface area contributed by atoms with Crippen LogP contribution in [0, 0.1) is 11.8 Å². The van der Waals surface area contributed by atoms with Gasteiger partial charge < -0.3 is 10.4 Å². The topological polar surface area (TPSA) is 52.6 Å². The molecule has 2 bridgehead atoms. The van der Waals surface area contributed by atoms with Gasteiger partial charge in [-0.3, -0.25) is 9.69 Å². The van der Waals surface area contributed by atoms with Gasteiger partial charge in [-0.15, -0.1) is 0 Å². The highest BCUT2D eigenvalue weighted by Crippen LogP contribution is 2.37. The lowest BCUT2D eigenvalue weighted by Gasteiger charge is -2.41. The van der Waals surface area contributed by atoms with Crippen LogP contribution in [0.3, 0.4) is 0 Å². The van der Waals surface area contributed by atoms with E-state index in [4.69, 9.17) is 0 Å². The highest BCUT2D eigenvalue weighted by Gasteiger charge is 2.44. The Bertz CT molecular complexity index is 400. The summed E-state index contributed by atoms with van der Waals surface area (Å²) < 4.78 is 0. The first-order valence-electron chi connectivity index (χ1n) is 9.23. The number of aliphatic hydroxyl groups excluding tert-OH is 1. The van der Waals surface area contributed by atoms with Crippen LogP contribution in [0.15, 0.2) is 0 Å². The zero-order valence-corrected chi connectivity index (χ0v) is 14.3. The van der Waals surface area contributed by atoms with Crippen molar-refractivity contribution >= 4 is 5.91 Å². The number of carbonyl (C=O) groups is 1. The normalized spacial score (nSPS) is 43.8. The summed E-state index contributed by atoms with van der Waals surface area (Å²) in [6.45, 7) is 6.63. The van der Waals surface area contributed by atoms with E-state index >= 15 is 0 Å². The molecule has 1 aliphatic carbocycles. The molecule has 3 fully saturated rings. The van der Waals surface area contributed by atoms with Crippen molar-refractivity contribution in [1.29, 1.82) is 0 Å². The molecular weight excluding hydrogens is 276 g/mol. The van der Waals surface area contributed by atoms with Crippen molar-refractivity contribution in [2.45, 2.75) is 96.0 Å². The number of carbonyl (C=O) groups excluding carboxylic acids is 1. The van der Waals surface area contributed by atoms with E-state index in [-0.39, 0.29) is 18.1 Å². The predicted octanol–water partition coefficient (Wildman–Crippen LogP) is 2.30. The molecular formula is C18H32N2O2. The fourth-order valence-corrected chi connectivity index (χ4v) is 5.04. The number of fused-ring (bicyclic) bond motifs is 2. The van der Waals surface area contributed by atoms with Gasteiger partial charge >= 0.3 is 0 Å². The molecule has 1 saturated carbocycles. The lowest BCUT2D eigenvalue weighted by molar-refractivity contribution is -0.130. The molecule has 2 N–H and O–H groups in total. The molecule has 4 nitrogen and oxygen atoms in total. The molecule has 0 spiro atoms. The molecule has 0 aromatic carbocycles. The molecule has 0 radical (unpaired) electrons. The molecule has 3 aliphatic rings. The van der Waals surface area contributed by atoms with Crippen molar-refractivity contribution in [3.63, 3.8) is 0 Å². The largest absolute Gasteiger partial charge is 0.393 e. The average Bonchev–Trinajstić information content (AvgIpc) is 2.75. The van der Waals surface area contributed by atoms with Crippen LogP contribution in [0.1, 0.15) is 65.7 Å². The lowest BCUT2D eigenvalue weighted by atomic mass is 9.78. The maximum Gasteiger partial charge on any atom is 0.237 e. The lowest BCUT2D eigenvalue weighted by Crippen LogP contribution is -2.56. The molecule has 6 unspecified atom stereocenters. The summed E-state index contributed by atoms with van der Waals surface area (Å²) in [5.74, 6) is 1.47. The average molecular weight is 308 g/mol. The number of piperidine rings is 1. The Morgan fingerprint density at radius 1 is 1.14 bits per heavy atom. The van der Waals surface area contributed by atoms with Gasteiger partial charge in [0, 0.05) is 18.1 Å². The fourth-order valence-electron chi connectivity index (χ4n) is 5.04. The first-order valence-corrected chi connectivity index (χ1v) is 9.23. The van der Waals surface area contributed by atoms with E-state index < -0.39 is 0 Å². The number of aliphatic hydroxyl groups is 1. The van der Waals surface area contributed by atoms with Crippen LogP contribution in [-0.4, -0.2) is 46.2 Å². The molecule has 2 saturated heterocycles. The second-order valence-electron chi connectivity index (χ2n) is 8.02. The highest BCUT2D eigenvalue weighted by molar-refractivity contribution is 5.81. The molecule has 1 amide bonds. The predicted molar refractivity (Wildman–Crippen MR) is 87.5 cm³/mol. The Labute approximate surface area is 134 Å². The minimum atomic E-state index is -0.164. The van der Waals surface area contributed by atoms with E-state index in [1.54, 1.807) is 0 Å². The van der Waals surface area contributed by atoms with Gasteiger partial charge in [0.15, 0.2) is 0 Å². The van der Waals surface area contributed by atoms with Gasteiger partial charge in [0.05, 0.1) is 12.1 Å². The van der Waals surface area contributed by atoms with Crippen LogP contribution in [0.25, 0.3) is 0 Å². The first-order chi connectivity index (χ1) is 10.5. The van der Waals surface area contributed by atoms with E-state index in [1.807, 2.05) is 0 Å². The number of amides is 1. The molecule has 4 heteroatoms. The Hall–Kier alpha value is -0.610. The van der Waals surface area contributed by atoms with Crippen molar-refractivity contribution in [2.75, 3.05) is 0 Å². The summed E-state index contributed by atoms with van der Waals surface area (Å²) in [4.78, 5) is 15.1. The summed E-state index contributed by atoms with van der Waals surface area (Å²) in [5.41, 5.74) is 0. The molecule has 126 valence electrons. The Morgan fingerprint density at radius 2 is 1.77 bits per heavy atom. The third kappa shape index (κ3) is 3.05. The van der Waals surface area contributed by atoms with E-state index in [0.29, 0.717) is 30.0 Å². The number of hydrogen-bond acceptors (Lipinski definition) is 3. The summed E-state index contributed by atoms with van der Waals surface area (Å²) in [7, 11) is 0. The third-order valence-corrected chi connectivity index (χ3v) is 6.63. The van der Waals surface area contributed by atoms with Crippen molar-refractivity contribution in [2.24, 2.45) is 11.8 Å². The Kier molecular flexibility index (Phi) is 4.79. The number of nitrogens with zero attached hydrogens (tertiary/aromatic N) is 1. The minimum Gasteiger partial charge on any atom is -0.393 e. The van der Waals surface area contributed by atoms with Gasteiger partial charge in [-0.25, -0.2) is 0 Å². The zero-order valence-electron chi connectivity index (χ0n) is 14.3. The Morgan fingerprint density at radius 3 is 2.41 bits per heavy atom. The van der Waals surface area contributed by atoms with Crippen LogP contribution in [0.5, 0.6) is 0 Å². The van der Waals surface area contributed by atoms with Crippen molar-refractivity contribution < 1.29 is 9.90 Å². The van der Waals surface area contributed by atoms with Crippen molar-refractivity contribution in [3.8, 4) is 0 Å². The number of rotatable bonds is 3. The maximum absolute atomic E-state index is 12.7. The SMILES string of the molecule is CC1CCCC(NC(=O)C(C)N2C3CCC2CC(O)C3)C1C. The summed E-state index contributed by atoms with van der Waals surface area (Å²) in [6, 6.07) is 1.08. The minimum absolute atomic E-state index is 0.0607. The second kappa shape index (κ2) is 6.48. The third-order valence-electron chi connectivity index (χ3n) is 6.63. The van der Waals surface area contributed by atoms with E-state index in [9.17, 15) is 9.90 Å². The number of hydrogen-bond donors (Lipinski definition) is 2. The maximum atomic E-state index is 12.7. The molecule has 2 aliphatic heterocycles. The number of nitrogens with one attached hydrogen (secondary N) is 1. The smallest absolute Gasteiger partial charge is 0.237 e. The summed E-state index contributed by atoms with van der Waals surface area (Å²) >= 11 is 0. The molecule has 22 heavy (non-hydrogen) atoms. The second-order valence-corrected chi connectivity index (χ2v) is 8.02. The zero-order chi connectivity index (χ0) is 15.9. The van der Waals surface area contributed by atoms with Gasteiger partial charge in [0.2, 0.25) is 5.91 Å². The van der Waals surface area contributed by atoms with Gasteiger partial charge in [0.1, 0.15) is 0 Å². The quantitative estimate of drug-likeness (QED) is 0.841. The summed E-state index contributed by atoms with van der Waals surface area (Å²) in [6.07, 6.45) is 7.42. The monoisotopic (exact) mass is 308 g/mol. The van der Waals surface area contributed by atoms with Gasteiger partial charge in [-0.1, -0.05) is 26.7 Å². The van der Waals surface area contributed by atoms with Gasteiger partial charge in [0.25, 0.3) is 0 Å². The molecule has 3 rings (SSSR count). The molecule has 0 aromatic heterocycles. The van der Waals surface area contributed by atoms with E-state index in [2.05, 4.69) is 31.0 Å². The van der Waals surface area contributed by atoms with Crippen LogP contribution in [-0.2, 0) is 4.79 Å². The standard InChI is InChI=1S/C18H32N2O2/c1-11-5-4-6-17(12(11)2)19-18(22)13(3)20-14-7-8-15(20)10-16(21)9-14/h11-17,21H,4-10H2,1-3H3,(H,19,22). The Balaban J connectivity index is 1.60. The van der Waals surface area contributed by atoms with Gasteiger partial charge in [-0.2, -0.15) is 0 Å². The van der Waals surface area contributed by atoms with E-state index in [0.717, 1.165) is 32.1 Å². The first kappa shape index (κ1) is 16.3. The highest BCUT2D eigenvalue weighted by atomic mass is 16.3. The van der Waals surface area contributed by atoms with Crippen molar-refractivity contribution in [3.05, 3.63) is 0 Å². The summed E-state index contributed by atoms with van der Waals surface area (Å²) in [5, 5.41) is 13.3. The van der Waals surface area contributed by atoms with Crippen molar-refractivity contribution in [1.82, 2.24) is 10.2 Å². The van der Waals surface area contributed by atoms with Gasteiger partial charge in [-0.05, 0) is 50.9 Å². The van der Waals surface area contributed by atoms with E-state index in [1.165, 1.54) is 12.8 Å². The van der Waals surface area contributed by atoms with Crippen LogP contribution < -0.4 is 5.32 Å². The van der Waals surface area contributed by atoms with Crippen LogP contribution >= 0.6 is 0 Å². The van der Waals surface area contributed by atoms with Crippen LogP contribution in [0.2, 0.25) is 0 Å². The molecule has 6 atom stereocenters. The molecule has 0 aromatic rings. The van der Waals surface area contributed by atoms with Crippen LogP contribution in [0.4, 0.5) is 0 Å². The fraction of sp³-hybridized carbons (Fsp3) is 0.944.